The molecule has 6 fully saturated rings. The van der Waals surface area contributed by atoms with Crippen molar-refractivity contribution >= 4 is 50.9 Å². The van der Waals surface area contributed by atoms with Crippen molar-refractivity contribution in [3.63, 3.8) is 0 Å². The largest absolute Gasteiger partial charge is 0.396 e. The van der Waals surface area contributed by atoms with E-state index in [1.807, 2.05) is 23.1 Å². The van der Waals surface area contributed by atoms with Crippen LogP contribution in [-0.4, -0.2) is 164 Å². The second-order valence-electron chi connectivity index (χ2n) is 18.6. The molecule has 0 spiro atoms. The first-order chi connectivity index (χ1) is 30.6. The van der Waals surface area contributed by atoms with Crippen molar-refractivity contribution in [1.82, 2.24) is 58.6 Å². The lowest BCUT2D eigenvalue weighted by Gasteiger charge is -2.23. The zero-order valence-electron chi connectivity index (χ0n) is 36.1. The van der Waals surface area contributed by atoms with Crippen LogP contribution in [0.1, 0.15) is 61.3 Å². The summed E-state index contributed by atoms with van der Waals surface area (Å²) in [5.74, 6) is 3.84. The number of imidazole rings is 3. The third-order valence-electron chi connectivity index (χ3n) is 15.5. The van der Waals surface area contributed by atoms with Crippen molar-refractivity contribution in [1.29, 1.82) is 0 Å². The fraction of sp³-hybridized carbons (Fsp3) is 0.634. The summed E-state index contributed by atoms with van der Waals surface area (Å²) in [4.78, 5) is 39.1. The van der Waals surface area contributed by atoms with Gasteiger partial charge in [0.05, 0.1) is 69.2 Å². The molecule has 64 heavy (non-hydrogen) atoms. The smallest absolute Gasteiger partial charge is 0.166 e. The van der Waals surface area contributed by atoms with E-state index in [0.717, 1.165) is 23.4 Å². The number of hydrogen-bond acceptors (Lipinski definition) is 20. The van der Waals surface area contributed by atoms with E-state index in [1.165, 1.54) is 0 Å². The SMILES string of the molecule is CNc1nc(C)nc2c1ncn2C1C(O)C(O)C2(CO)CC12.CNc1nc(C)nc2c1ncn2C1CC(O)C2(CO)CC12.Cc1nc(N)c2ncn(C3C(O)C(O)C4(CO)CC34)c2n1. The first-order valence-corrected chi connectivity index (χ1v) is 21.6. The van der Waals surface area contributed by atoms with Crippen LogP contribution in [0.15, 0.2) is 19.0 Å². The molecule has 23 heteroatoms. The fourth-order valence-corrected chi connectivity index (χ4v) is 11.7. The van der Waals surface area contributed by atoms with E-state index >= 15 is 0 Å². The van der Waals surface area contributed by atoms with Gasteiger partial charge < -0.3 is 70.9 Å². The van der Waals surface area contributed by atoms with Gasteiger partial charge in [0, 0.05) is 36.4 Å². The summed E-state index contributed by atoms with van der Waals surface area (Å²) in [6.45, 7) is 5.20. The van der Waals surface area contributed by atoms with Crippen molar-refractivity contribution in [3.05, 3.63) is 36.5 Å². The summed E-state index contributed by atoms with van der Waals surface area (Å²) in [5.41, 5.74) is 8.25. The zero-order valence-corrected chi connectivity index (χ0v) is 36.1. The maximum absolute atomic E-state index is 10.4. The van der Waals surface area contributed by atoms with E-state index < -0.39 is 41.3 Å². The molecular formula is C41H55N15O8. The average molecular weight is 886 g/mol. The van der Waals surface area contributed by atoms with Crippen molar-refractivity contribution < 1.29 is 40.9 Å². The Bertz CT molecular complexity index is 2780. The van der Waals surface area contributed by atoms with Gasteiger partial charge >= 0.3 is 0 Å². The first kappa shape index (κ1) is 42.7. The van der Waals surface area contributed by atoms with E-state index in [-0.39, 0.29) is 55.2 Å². The van der Waals surface area contributed by atoms with E-state index in [1.54, 1.807) is 44.4 Å². The maximum atomic E-state index is 10.4. The zero-order chi connectivity index (χ0) is 45.4. The molecule has 12 rings (SSSR count). The van der Waals surface area contributed by atoms with Gasteiger partial charge in [0.25, 0.3) is 0 Å². The third kappa shape index (κ3) is 5.97. The predicted octanol–water partition coefficient (Wildman–Crippen LogP) is -1.08. The molecule has 342 valence electrons. The fourth-order valence-electron chi connectivity index (χ4n) is 11.7. The van der Waals surface area contributed by atoms with E-state index in [4.69, 9.17) is 5.73 Å². The number of rotatable bonds is 8. The average Bonchev–Trinajstić information content (AvgIpc) is 4.14. The molecule has 6 heterocycles. The predicted molar refractivity (Wildman–Crippen MR) is 228 cm³/mol. The summed E-state index contributed by atoms with van der Waals surface area (Å²) in [7, 11) is 3.59. The summed E-state index contributed by atoms with van der Waals surface area (Å²) in [6, 6.07) is -0.534. The Hall–Kier alpha value is -5.27. The Morgan fingerprint density at radius 1 is 0.578 bits per heavy atom. The van der Waals surface area contributed by atoms with Crippen molar-refractivity contribution in [2.45, 2.75) is 95.1 Å². The normalized spacial score (nSPS) is 36.2. The molecule has 6 aromatic heterocycles. The van der Waals surface area contributed by atoms with E-state index in [2.05, 4.69) is 55.5 Å². The van der Waals surface area contributed by atoms with Crippen LogP contribution < -0.4 is 16.4 Å². The molecule has 0 bridgehead atoms. The Morgan fingerprint density at radius 3 is 1.41 bits per heavy atom. The van der Waals surface area contributed by atoms with Crippen LogP contribution in [0.2, 0.25) is 0 Å². The van der Waals surface area contributed by atoms with Gasteiger partial charge in [-0.2, -0.15) is 0 Å². The Balaban J connectivity index is 0.000000114. The highest BCUT2D eigenvalue weighted by molar-refractivity contribution is 5.84. The molecule has 12 N–H and O–H groups in total. The second kappa shape index (κ2) is 14.9. The quantitative estimate of drug-likeness (QED) is 0.0866. The summed E-state index contributed by atoms with van der Waals surface area (Å²) < 4.78 is 5.61. The van der Waals surface area contributed by atoms with Crippen LogP contribution in [0, 0.1) is 54.8 Å². The van der Waals surface area contributed by atoms with Gasteiger partial charge in [-0.25, -0.2) is 44.9 Å². The lowest BCUT2D eigenvalue weighted by Crippen LogP contribution is -2.35. The molecule has 6 aliphatic rings. The highest BCUT2D eigenvalue weighted by atomic mass is 16.3. The summed E-state index contributed by atoms with van der Waals surface area (Å²) in [5, 5.41) is 86.2. The Morgan fingerprint density at radius 2 is 0.984 bits per heavy atom. The van der Waals surface area contributed by atoms with Crippen LogP contribution >= 0.6 is 0 Å². The van der Waals surface area contributed by atoms with Crippen LogP contribution in [0.4, 0.5) is 17.5 Å². The minimum atomic E-state index is -0.954. The number of aliphatic hydroxyl groups excluding tert-OH is 8. The molecule has 0 radical (unpaired) electrons. The number of nitrogens with two attached hydrogens (primary N) is 1. The van der Waals surface area contributed by atoms with Crippen LogP contribution in [0.3, 0.4) is 0 Å². The molecule has 6 aromatic rings. The topological polar surface area (TPSA) is 343 Å². The van der Waals surface area contributed by atoms with Gasteiger partial charge in [0.2, 0.25) is 0 Å². The molecule has 14 unspecified atom stereocenters. The maximum Gasteiger partial charge on any atom is 0.166 e. The van der Waals surface area contributed by atoms with Crippen molar-refractivity contribution in [3.8, 4) is 0 Å². The number of hydrogen-bond donors (Lipinski definition) is 11. The monoisotopic (exact) mass is 885 g/mol. The Labute approximate surface area is 365 Å². The standard InChI is InChI=1S/C14H19N5O3.C14H19N5O2.C13H17N5O3/c1-6-17-12(15-2)8-13(18-6)19(5-16-8)9-7-3-14(7,4-20)11(22)10(9)21;1-7-17-12(15-2)11-13(18-7)19(6-16-11)9-3-10(21)14(5-20)4-8(9)14;1-5-16-11(14)7-12(17-5)18(4-15-7)8-6-2-13(6,3-19)10(21)9(8)20/h5,7,9-11,20-22H,3-4H2,1-2H3,(H,15,17,18);6,8-10,20-21H,3-5H2,1-2H3,(H,15,17,18);4,6,8-10,19-21H,2-3H2,1H3,(H2,14,16,17). The molecule has 0 saturated heterocycles. The third-order valence-corrected chi connectivity index (χ3v) is 15.5. The van der Waals surface area contributed by atoms with Gasteiger partial charge in [0.15, 0.2) is 34.4 Å². The van der Waals surface area contributed by atoms with Gasteiger partial charge in [-0.3, -0.25) is 0 Å². The lowest BCUT2D eigenvalue weighted by atomic mass is 10.0. The minimum absolute atomic E-state index is 0.0152. The molecule has 6 saturated carbocycles. The van der Waals surface area contributed by atoms with Crippen LogP contribution in [0.25, 0.3) is 33.5 Å². The molecule has 0 aliphatic heterocycles. The first-order valence-electron chi connectivity index (χ1n) is 21.6. The highest BCUT2D eigenvalue weighted by Gasteiger charge is 2.72. The van der Waals surface area contributed by atoms with Gasteiger partial charge in [0.1, 0.15) is 46.2 Å². The van der Waals surface area contributed by atoms with Gasteiger partial charge in [-0.1, -0.05) is 0 Å². The molecule has 6 aliphatic carbocycles. The Kier molecular flexibility index (Phi) is 9.92. The summed E-state index contributed by atoms with van der Waals surface area (Å²) >= 11 is 0. The lowest BCUT2D eigenvalue weighted by molar-refractivity contribution is -0.0301. The number of nitrogen functional groups attached to an aromatic ring is 1. The minimum Gasteiger partial charge on any atom is -0.396 e. The van der Waals surface area contributed by atoms with Crippen molar-refractivity contribution in [2.24, 2.45) is 34.0 Å². The molecule has 14 atom stereocenters. The van der Waals surface area contributed by atoms with Gasteiger partial charge in [-0.05, 0) is 64.2 Å². The molecular weight excluding hydrogens is 831 g/mol. The summed E-state index contributed by atoms with van der Waals surface area (Å²) in [6.07, 6.45) is 3.71. The number of nitrogens with one attached hydrogen (secondary N) is 2. The highest BCUT2D eigenvalue weighted by Crippen LogP contribution is 2.69. The molecule has 0 amide bonds. The van der Waals surface area contributed by atoms with Crippen molar-refractivity contribution in [2.75, 3.05) is 50.3 Å². The number of nitrogens with zero attached hydrogens (tertiary/aromatic N) is 12. The number of aromatic nitrogens is 12. The molecule has 23 nitrogen and oxygen atoms in total. The molecule has 0 aromatic carbocycles. The number of anilines is 3. The van der Waals surface area contributed by atoms with Crippen LogP contribution in [0.5, 0.6) is 0 Å². The van der Waals surface area contributed by atoms with Gasteiger partial charge in [-0.15, -0.1) is 0 Å². The van der Waals surface area contributed by atoms with E-state index in [0.29, 0.717) is 76.6 Å². The van der Waals surface area contributed by atoms with Crippen LogP contribution in [-0.2, 0) is 0 Å². The number of aliphatic hydroxyl groups is 8. The second-order valence-corrected chi connectivity index (χ2v) is 18.6. The van der Waals surface area contributed by atoms with E-state index in [9.17, 15) is 40.9 Å². The number of fused-ring (bicyclic) bond motifs is 6. The number of aryl methyl sites for hydroxylation is 3.